The number of nitrogens with zero attached hydrogens (tertiary/aromatic N) is 3. The zero-order valence-electron chi connectivity index (χ0n) is 9.54. The summed E-state index contributed by atoms with van der Waals surface area (Å²) in [5.41, 5.74) is 6.93. The third-order valence-corrected chi connectivity index (χ3v) is 2.31. The molecule has 0 radical (unpaired) electrons. The molecule has 0 saturated carbocycles. The summed E-state index contributed by atoms with van der Waals surface area (Å²) in [6.45, 7) is 0. The SMILES string of the molecule is COc1ccc(OC)c(-c2nncnc2N)c1. The van der Waals surface area contributed by atoms with E-state index in [1.54, 1.807) is 32.4 Å². The van der Waals surface area contributed by atoms with Gasteiger partial charge in [-0.2, -0.15) is 0 Å². The van der Waals surface area contributed by atoms with Gasteiger partial charge in [-0.1, -0.05) is 0 Å². The molecule has 2 N–H and O–H groups in total. The van der Waals surface area contributed by atoms with Crippen LogP contribution in [0.2, 0.25) is 0 Å². The van der Waals surface area contributed by atoms with E-state index in [4.69, 9.17) is 15.2 Å². The molecule has 6 heteroatoms. The number of benzene rings is 1. The predicted molar refractivity (Wildman–Crippen MR) is 62.8 cm³/mol. The fourth-order valence-electron chi connectivity index (χ4n) is 1.47. The van der Waals surface area contributed by atoms with Crippen LogP contribution in [0, 0.1) is 0 Å². The van der Waals surface area contributed by atoms with Crippen LogP contribution in [-0.2, 0) is 0 Å². The van der Waals surface area contributed by atoms with Crippen molar-refractivity contribution in [2.24, 2.45) is 0 Å². The van der Waals surface area contributed by atoms with Crippen molar-refractivity contribution in [3.05, 3.63) is 24.5 Å². The Morgan fingerprint density at radius 1 is 1.18 bits per heavy atom. The molecule has 0 aliphatic rings. The summed E-state index contributed by atoms with van der Waals surface area (Å²) in [6.07, 6.45) is 1.30. The van der Waals surface area contributed by atoms with Crippen molar-refractivity contribution in [2.45, 2.75) is 0 Å². The smallest absolute Gasteiger partial charge is 0.153 e. The number of nitrogens with two attached hydrogens (primary N) is 1. The molecule has 0 fully saturated rings. The third kappa shape index (κ3) is 2.10. The van der Waals surface area contributed by atoms with Crippen LogP contribution in [0.3, 0.4) is 0 Å². The topological polar surface area (TPSA) is 83.2 Å². The summed E-state index contributed by atoms with van der Waals surface area (Å²) in [5, 5.41) is 7.67. The number of aromatic nitrogens is 3. The molecular weight excluding hydrogens is 220 g/mol. The average Bonchev–Trinajstić information content (AvgIpc) is 2.38. The maximum Gasteiger partial charge on any atom is 0.153 e. The number of rotatable bonds is 3. The summed E-state index contributed by atoms with van der Waals surface area (Å²) in [6, 6.07) is 5.35. The molecule has 0 atom stereocenters. The zero-order valence-corrected chi connectivity index (χ0v) is 9.54. The van der Waals surface area contributed by atoms with Gasteiger partial charge in [-0.15, -0.1) is 10.2 Å². The van der Waals surface area contributed by atoms with Gasteiger partial charge in [0.1, 0.15) is 23.5 Å². The van der Waals surface area contributed by atoms with E-state index in [1.165, 1.54) is 6.33 Å². The van der Waals surface area contributed by atoms with Gasteiger partial charge in [0.05, 0.1) is 19.8 Å². The maximum atomic E-state index is 5.76. The van der Waals surface area contributed by atoms with Crippen molar-refractivity contribution in [3.8, 4) is 22.8 Å². The second kappa shape index (κ2) is 4.65. The van der Waals surface area contributed by atoms with Crippen molar-refractivity contribution in [3.63, 3.8) is 0 Å². The molecule has 0 bridgehead atoms. The monoisotopic (exact) mass is 232 g/mol. The third-order valence-electron chi connectivity index (χ3n) is 2.31. The lowest BCUT2D eigenvalue weighted by Gasteiger charge is -2.10. The molecule has 1 aromatic carbocycles. The summed E-state index contributed by atoms with van der Waals surface area (Å²) < 4.78 is 10.4. The highest BCUT2D eigenvalue weighted by Gasteiger charge is 2.12. The predicted octanol–water partition coefficient (Wildman–Crippen LogP) is 1.14. The first kappa shape index (κ1) is 11.1. The van der Waals surface area contributed by atoms with E-state index < -0.39 is 0 Å². The first-order valence-corrected chi connectivity index (χ1v) is 4.92. The molecule has 1 heterocycles. The Morgan fingerprint density at radius 2 is 2.00 bits per heavy atom. The van der Waals surface area contributed by atoms with Gasteiger partial charge in [0.15, 0.2) is 5.82 Å². The Labute approximate surface area is 98.4 Å². The van der Waals surface area contributed by atoms with Crippen molar-refractivity contribution in [1.29, 1.82) is 0 Å². The Kier molecular flexibility index (Phi) is 3.04. The van der Waals surface area contributed by atoms with E-state index in [0.29, 0.717) is 28.6 Å². The van der Waals surface area contributed by atoms with Gasteiger partial charge < -0.3 is 15.2 Å². The van der Waals surface area contributed by atoms with Crippen molar-refractivity contribution >= 4 is 5.82 Å². The van der Waals surface area contributed by atoms with Crippen LogP contribution in [0.4, 0.5) is 5.82 Å². The van der Waals surface area contributed by atoms with E-state index in [-0.39, 0.29) is 0 Å². The number of hydrogen-bond donors (Lipinski definition) is 1. The van der Waals surface area contributed by atoms with Crippen LogP contribution in [0.5, 0.6) is 11.5 Å². The van der Waals surface area contributed by atoms with Crippen LogP contribution in [0.25, 0.3) is 11.3 Å². The van der Waals surface area contributed by atoms with Crippen molar-refractivity contribution in [1.82, 2.24) is 15.2 Å². The van der Waals surface area contributed by atoms with Gasteiger partial charge in [-0.05, 0) is 18.2 Å². The van der Waals surface area contributed by atoms with Crippen LogP contribution < -0.4 is 15.2 Å². The van der Waals surface area contributed by atoms with Crippen LogP contribution >= 0.6 is 0 Å². The number of hydrogen-bond acceptors (Lipinski definition) is 6. The van der Waals surface area contributed by atoms with Gasteiger partial charge in [0.25, 0.3) is 0 Å². The molecule has 0 amide bonds. The second-order valence-corrected chi connectivity index (χ2v) is 3.26. The van der Waals surface area contributed by atoms with E-state index in [2.05, 4.69) is 15.2 Å². The first-order chi connectivity index (χ1) is 8.26. The number of anilines is 1. The largest absolute Gasteiger partial charge is 0.497 e. The molecule has 6 nitrogen and oxygen atoms in total. The Hall–Kier alpha value is -2.37. The minimum Gasteiger partial charge on any atom is -0.497 e. The highest BCUT2D eigenvalue weighted by molar-refractivity contribution is 5.75. The Morgan fingerprint density at radius 3 is 2.65 bits per heavy atom. The van der Waals surface area contributed by atoms with Crippen LogP contribution in [0.15, 0.2) is 24.5 Å². The van der Waals surface area contributed by atoms with E-state index >= 15 is 0 Å². The number of ether oxygens (including phenoxy) is 2. The van der Waals surface area contributed by atoms with Gasteiger partial charge in [0.2, 0.25) is 0 Å². The quantitative estimate of drug-likeness (QED) is 0.854. The average molecular weight is 232 g/mol. The minimum atomic E-state index is 0.298. The van der Waals surface area contributed by atoms with Crippen LogP contribution in [-0.4, -0.2) is 29.4 Å². The lowest BCUT2D eigenvalue weighted by molar-refractivity contribution is 0.404. The first-order valence-electron chi connectivity index (χ1n) is 4.92. The lowest BCUT2D eigenvalue weighted by Crippen LogP contribution is -2.00. The molecule has 88 valence electrons. The second-order valence-electron chi connectivity index (χ2n) is 3.26. The molecule has 1 aromatic heterocycles. The van der Waals surface area contributed by atoms with Gasteiger partial charge in [0, 0.05) is 0 Å². The zero-order chi connectivity index (χ0) is 12.3. The summed E-state index contributed by atoms with van der Waals surface area (Å²) in [5.74, 6) is 1.62. The fourth-order valence-corrected chi connectivity index (χ4v) is 1.47. The summed E-state index contributed by atoms with van der Waals surface area (Å²) in [7, 11) is 3.16. The molecule has 2 aromatic rings. The molecular formula is C11H12N4O2. The minimum absolute atomic E-state index is 0.298. The lowest BCUT2D eigenvalue weighted by atomic mass is 10.1. The normalized spacial score (nSPS) is 10.0. The molecule has 2 rings (SSSR count). The van der Waals surface area contributed by atoms with Gasteiger partial charge in [-0.25, -0.2) is 4.98 Å². The molecule has 0 spiro atoms. The fraction of sp³-hybridized carbons (Fsp3) is 0.182. The number of nitrogen functional groups attached to an aromatic ring is 1. The number of methoxy groups -OCH3 is 2. The van der Waals surface area contributed by atoms with E-state index in [9.17, 15) is 0 Å². The summed E-state index contributed by atoms with van der Waals surface area (Å²) >= 11 is 0. The molecule has 0 aliphatic heterocycles. The summed E-state index contributed by atoms with van der Waals surface area (Å²) in [4.78, 5) is 3.89. The van der Waals surface area contributed by atoms with Crippen LogP contribution in [0.1, 0.15) is 0 Å². The van der Waals surface area contributed by atoms with E-state index in [0.717, 1.165) is 0 Å². The van der Waals surface area contributed by atoms with Gasteiger partial charge in [-0.3, -0.25) is 0 Å². The Bertz CT molecular complexity index is 531. The molecule has 0 saturated heterocycles. The maximum absolute atomic E-state index is 5.76. The Balaban J connectivity index is 2.60. The van der Waals surface area contributed by atoms with Crippen molar-refractivity contribution in [2.75, 3.05) is 20.0 Å². The van der Waals surface area contributed by atoms with E-state index in [1.807, 2.05) is 0 Å². The molecule has 17 heavy (non-hydrogen) atoms. The highest BCUT2D eigenvalue weighted by atomic mass is 16.5. The standard InChI is InChI=1S/C11H12N4O2/c1-16-7-3-4-9(17-2)8(5-7)10-11(12)13-6-14-15-10/h3-6H,1-2H3,(H2,12,13,14). The highest BCUT2D eigenvalue weighted by Crippen LogP contribution is 2.33. The van der Waals surface area contributed by atoms with Gasteiger partial charge >= 0.3 is 0 Å². The van der Waals surface area contributed by atoms with Crippen molar-refractivity contribution < 1.29 is 9.47 Å². The molecule has 0 aliphatic carbocycles. The molecule has 0 unspecified atom stereocenters.